The fraction of sp³-hybridized carbons (Fsp3) is 0.385. The highest BCUT2D eigenvalue weighted by Crippen LogP contribution is 2.28. The maximum Gasteiger partial charge on any atom is 0.135 e. The number of unbranched alkanes of at least 4 members (excludes halogenated alkanes) is 3. The first kappa shape index (κ1) is 23.0. The van der Waals surface area contributed by atoms with E-state index in [1.165, 1.54) is 0 Å². The quantitative estimate of drug-likeness (QED) is 0.462. The summed E-state index contributed by atoms with van der Waals surface area (Å²) in [6, 6.07) is 7.76. The molecule has 0 aliphatic carbocycles. The van der Waals surface area contributed by atoms with Crippen molar-refractivity contribution in [1.82, 2.24) is 0 Å². The zero-order valence-corrected chi connectivity index (χ0v) is 18.8. The number of methoxy groups -OCH3 is 4. The molecule has 0 aliphatic heterocycles. The minimum absolute atomic E-state index is 0.772. The summed E-state index contributed by atoms with van der Waals surface area (Å²) in [5.41, 5.74) is 3.75. The van der Waals surface area contributed by atoms with Gasteiger partial charge in [0.2, 0.25) is 0 Å². The van der Waals surface area contributed by atoms with Gasteiger partial charge in [0, 0.05) is 12.8 Å². The molecule has 0 heterocycles. The molecule has 0 bridgehead atoms. The van der Waals surface area contributed by atoms with E-state index in [1.807, 2.05) is 38.1 Å². The van der Waals surface area contributed by atoms with Gasteiger partial charge < -0.3 is 18.9 Å². The maximum absolute atomic E-state index is 5.43. The first-order chi connectivity index (χ1) is 14.5. The molecule has 0 saturated carbocycles. The summed E-state index contributed by atoms with van der Waals surface area (Å²) in [7, 11) is 6.64. The van der Waals surface area contributed by atoms with Crippen LogP contribution >= 0.6 is 0 Å². The third-order valence-electron chi connectivity index (χ3n) is 4.73. The normalized spacial score (nSPS) is 9.67. The molecule has 0 spiro atoms. The van der Waals surface area contributed by atoms with Crippen molar-refractivity contribution in [2.75, 3.05) is 28.4 Å². The number of benzene rings is 2. The van der Waals surface area contributed by atoms with Gasteiger partial charge in [0.25, 0.3) is 0 Å². The summed E-state index contributed by atoms with van der Waals surface area (Å²) >= 11 is 0. The van der Waals surface area contributed by atoms with Gasteiger partial charge in [-0.1, -0.05) is 23.7 Å². The summed E-state index contributed by atoms with van der Waals surface area (Å²) in [5, 5.41) is 0. The molecular weight excluding hydrogens is 376 g/mol. The van der Waals surface area contributed by atoms with Gasteiger partial charge in [0.1, 0.15) is 23.0 Å². The number of hydrogen-bond acceptors (Lipinski definition) is 4. The molecule has 4 nitrogen and oxygen atoms in total. The van der Waals surface area contributed by atoms with Crippen molar-refractivity contribution < 1.29 is 18.9 Å². The molecule has 0 N–H and O–H groups in total. The Bertz CT molecular complexity index is 903. The van der Waals surface area contributed by atoms with Crippen LogP contribution in [0.2, 0.25) is 0 Å². The fourth-order valence-corrected chi connectivity index (χ4v) is 3.04. The molecule has 0 unspecified atom stereocenters. The highest BCUT2D eigenvalue weighted by atomic mass is 16.5. The zero-order valence-electron chi connectivity index (χ0n) is 18.8. The molecule has 4 heteroatoms. The summed E-state index contributed by atoms with van der Waals surface area (Å²) in [6.45, 7) is 3.98. The largest absolute Gasteiger partial charge is 0.496 e. The Morgan fingerprint density at radius 3 is 1.27 bits per heavy atom. The molecule has 30 heavy (non-hydrogen) atoms. The Hall–Kier alpha value is -3.24. The molecule has 0 aromatic heterocycles. The smallest absolute Gasteiger partial charge is 0.135 e. The molecule has 0 atom stereocenters. The molecule has 158 valence electrons. The van der Waals surface area contributed by atoms with Gasteiger partial charge in [-0.2, -0.15) is 0 Å². The molecule has 0 radical (unpaired) electrons. The van der Waals surface area contributed by atoms with Crippen molar-refractivity contribution in [1.29, 1.82) is 0 Å². The predicted octanol–water partition coefficient (Wildman–Crippen LogP) is 5.30. The molecule has 0 amide bonds. The standard InChI is InChI=1S/C26H30O4/c1-19-15-25(29-5)21(17-23(19)27-3)13-11-9-7-8-10-12-14-22-18-24(28-4)20(2)16-26(22)30-6/h15-18H,7-10H2,1-6H3. The van der Waals surface area contributed by atoms with Crippen LogP contribution < -0.4 is 18.9 Å². The average Bonchev–Trinajstić information content (AvgIpc) is 2.76. The van der Waals surface area contributed by atoms with Gasteiger partial charge >= 0.3 is 0 Å². The Morgan fingerprint density at radius 2 is 0.933 bits per heavy atom. The summed E-state index contributed by atoms with van der Waals surface area (Å²) < 4.78 is 21.6. The van der Waals surface area contributed by atoms with Gasteiger partial charge in [0.05, 0.1) is 39.6 Å². The lowest BCUT2D eigenvalue weighted by molar-refractivity contribution is 0.399. The van der Waals surface area contributed by atoms with Crippen LogP contribution in [0.25, 0.3) is 0 Å². The second-order valence-corrected chi connectivity index (χ2v) is 6.85. The van der Waals surface area contributed by atoms with Crippen LogP contribution in [-0.2, 0) is 0 Å². The minimum Gasteiger partial charge on any atom is -0.496 e. The Balaban J connectivity index is 1.91. The van der Waals surface area contributed by atoms with Crippen LogP contribution in [-0.4, -0.2) is 28.4 Å². The summed E-state index contributed by atoms with van der Waals surface area (Å²) in [5.74, 6) is 16.0. The van der Waals surface area contributed by atoms with Gasteiger partial charge in [-0.3, -0.25) is 0 Å². The maximum atomic E-state index is 5.43. The van der Waals surface area contributed by atoms with Crippen molar-refractivity contribution in [3.8, 4) is 46.7 Å². The second-order valence-electron chi connectivity index (χ2n) is 6.85. The Labute approximate surface area is 180 Å². The molecule has 0 fully saturated rings. The van der Waals surface area contributed by atoms with E-state index >= 15 is 0 Å². The van der Waals surface area contributed by atoms with Crippen LogP contribution in [0.4, 0.5) is 0 Å². The predicted molar refractivity (Wildman–Crippen MR) is 121 cm³/mol. The van der Waals surface area contributed by atoms with Crippen molar-refractivity contribution >= 4 is 0 Å². The molecule has 2 aromatic rings. The monoisotopic (exact) mass is 406 g/mol. The minimum atomic E-state index is 0.772. The van der Waals surface area contributed by atoms with Gasteiger partial charge in [-0.05, 0) is 62.1 Å². The van der Waals surface area contributed by atoms with Crippen LogP contribution in [0.15, 0.2) is 24.3 Å². The lowest BCUT2D eigenvalue weighted by atomic mass is 10.1. The highest BCUT2D eigenvalue weighted by molar-refractivity contribution is 5.54. The average molecular weight is 407 g/mol. The van der Waals surface area contributed by atoms with E-state index in [0.717, 1.165) is 70.9 Å². The van der Waals surface area contributed by atoms with Gasteiger partial charge in [-0.25, -0.2) is 0 Å². The van der Waals surface area contributed by atoms with E-state index in [-0.39, 0.29) is 0 Å². The highest BCUT2D eigenvalue weighted by Gasteiger charge is 2.07. The van der Waals surface area contributed by atoms with E-state index in [1.54, 1.807) is 28.4 Å². The van der Waals surface area contributed by atoms with Gasteiger partial charge in [-0.15, -0.1) is 0 Å². The topological polar surface area (TPSA) is 36.9 Å². The van der Waals surface area contributed by atoms with Crippen molar-refractivity contribution in [2.45, 2.75) is 39.5 Å². The van der Waals surface area contributed by atoms with E-state index < -0.39 is 0 Å². The summed E-state index contributed by atoms with van der Waals surface area (Å²) in [6.07, 6.45) is 3.59. The number of hydrogen-bond donors (Lipinski definition) is 0. The van der Waals surface area contributed by atoms with E-state index in [4.69, 9.17) is 18.9 Å². The van der Waals surface area contributed by atoms with Crippen molar-refractivity contribution in [2.24, 2.45) is 0 Å². The summed E-state index contributed by atoms with van der Waals surface area (Å²) in [4.78, 5) is 0. The first-order valence-corrected chi connectivity index (χ1v) is 9.97. The second kappa shape index (κ2) is 11.7. The van der Waals surface area contributed by atoms with Crippen LogP contribution in [0.3, 0.4) is 0 Å². The van der Waals surface area contributed by atoms with E-state index in [0.29, 0.717) is 0 Å². The zero-order chi connectivity index (χ0) is 21.9. The Kier molecular flexibility index (Phi) is 8.98. The van der Waals surface area contributed by atoms with E-state index in [9.17, 15) is 0 Å². The lowest BCUT2D eigenvalue weighted by Crippen LogP contribution is -1.93. The molecular formula is C26H30O4. The van der Waals surface area contributed by atoms with Crippen molar-refractivity contribution in [3.05, 3.63) is 46.5 Å². The SMILES string of the molecule is COc1cc(C#CCCCCC#Cc2cc(OC)c(C)cc2OC)c(OC)cc1C. The third-order valence-corrected chi connectivity index (χ3v) is 4.73. The van der Waals surface area contributed by atoms with Crippen LogP contribution in [0.1, 0.15) is 47.9 Å². The third kappa shape index (κ3) is 6.13. The van der Waals surface area contributed by atoms with Crippen LogP contribution in [0.5, 0.6) is 23.0 Å². The molecule has 2 aromatic carbocycles. The Morgan fingerprint density at radius 1 is 0.567 bits per heavy atom. The lowest BCUT2D eigenvalue weighted by Gasteiger charge is -2.09. The van der Waals surface area contributed by atoms with E-state index in [2.05, 4.69) is 23.7 Å². The molecule has 0 aliphatic rings. The molecule has 0 saturated heterocycles. The fourth-order valence-electron chi connectivity index (χ4n) is 3.04. The van der Waals surface area contributed by atoms with Crippen LogP contribution in [0, 0.1) is 37.5 Å². The molecule has 2 rings (SSSR count). The van der Waals surface area contributed by atoms with Crippen molar-refractivity contribution in [3.63, 3.8) is 0 Å². The first-order valence-electron chi connectivity index (χ1n) is 9.97. The number of ether oxygens (including phenoxy) is 4. The number of rotatable bonds is 7. The van der Waals surface area contributed by atoms with Gasteiger partial charge in [0.15, 0.2) is 0 Å². The number of aryl methyl sites for hydroxylation is 2.